The topological polar surface area (TPSA) is 12.5 Å². The average Bonchev–Trinajstić information content (AvgIpc) is 2.48. The summed E-state index contributed by atoms with van der Waals surface area (Å²) in [5.74, 6) is 1.60. The van der Waals surface area contributed by atoms with Crippen LogP contribution in [0.3, 0.4) is 0 Å². The lowest BCUT2D eigenvalue weighted by atomic mass is 10.0. The van der Waals surface area contributed by atoms with Gasteiger partial charge < -0.3 is 9.64 Å². The number of para-hydroxylation sites is 1. The van der Waals surface area contributed by atoms with Crippen LogP contribution in [0.2, 0.25) is 0 Å². The van der Waals surface area contributed by atoms with Crippen LogP contribution in [-0.2, 0) is 0 Å². The van der Waals surface area contributed by atoms with Gasteiger partial charge in [0.05, 0.1) is 6.61 Å². The Morgan fingerprint density at radius 1 is 1.05 bits per heavy atom. The highest BCUT2D eigenvalue weighted by molar-refractivity contribution is 5.85. The van der Waals surface area contributed by atoms with E-state index in [9.17, 15) is 0 Å². The zero-order chi connectivity index (χ0) is 14.2. The number of benzene rings is 1. The predicted octanol–water partition coefficient (Wildman–Crippen LogP) is 4.88. The Morgan fingerprint density at radius 3 is 2.48 bits per heavy atom. The van der Waals surface area contributed by atoms with E-state index in [1.807, 2.05) is 0 Å². The van der Waals surface area contributed by atoms with Gasteiger partial charge in [-0.1, -0.05) is 38.5 Å². The first-order valence-corrected chi connectivity index (χ1v) is 8.21. The van der Waals surface area contributed by atoms with E-state index in [-0.39, 0.29) is 12.4 Å². The summed E-state index contributed by atoms with van der Waals surface area (Å²) >= 11 is 0. The van der Waals surface area contributed by atoms with Gasteiger partial charge in [0.2, 0.25) is 0 Å². The Bertz CT molecular complexity index is 389. The molecule has 0 amide bonds. The molecule has 0 spiro atoms. The van der Waals surface area contributed by atoms with Gasteiger partial charge in [0.1, 0.15) is 5.75 Å². The second-order valence-corrected chi connectivity index (χ2v) is 6.15. The van der Waals surface area contributed by atoms with Crippen molar-refractivity contribution < 1.29 is 4.74 Å². The molecule has 1 aliphatic heterocycles. The van der Waals surface area contributed by atoms with Crippen molar-refractivity contribution in [3.63, 3.8) is 0 Å². The normalized spacial score (nSPS) is 15.8. The Labute approximate surface area is 136 Å². The molecule has 1 aromatic rings. The number of rotatable bonds is 7. The van der Waals surface area contributed by atoms with Crippen molar-refractivity contribution in [2.75, 3.05) is 26.2 Å². The van der Waals surface area contributed by atoms with Gasteiger partial charge in [-0.25, -0.2) is 0 Å². The highest BCUT2D eigenvalue weighted by Gasteiger charge is 2.09. The van der Waals surface area contributed by atoms with Gasteiger partial charge in [-0.3, -0.25) is 0 Å². The van der Waals surface area contributed by atoms with Crippen molar-refractivity contribution in [1.29, 1.82) is 0 Å². The van der Waals surface area contributed by atoms with Gasteiger partial charge >= 0.3 is 0 Å². The van der Waals surface area contributed by atoms with Crippen LogP contribution >= 0.6 is 12.4 Å². The van der Waals surface area contributed by atoms with Crippen LogP contribution in [0.5, 0.6) is 5.75 Å². The summed E-state index contributed by atoms with van der Waals surface area (Å²) in [5.41, 5.74) is 1.32. The molecule has 1 heterocycles. The first-order valence-electron chi connectivity index (χ1n) is 8.21. The van der Waals surface area contributed by atoms with E-state index in [1.54, 1.807) is 0 Å². The molecule has 1 saturated heterocycles. The minimum atomic E-state index is 0. The van der Waals surface area contributed by atoms with E-state index in [0.717, 1.165) is 18.8 Å². The van der Waals surface area contributed by atoms with Crippen LogP contribution in [0.4, 0.5) is 0 Å². The van der Waals surface area contributed by atoms with Crippen molar-refractivity contribution in [1.82, 2.24) is 4.90 Å². The lowest BCUT2D eigenvalue weighted by Crippen LogP contribution is -2.30. The third-order valence-electron chi connectivity index (χ3n) is 4.12. The Balaban J connectivity index is 0.00000220. The van der Waals surface area contributed by atoms with Gasteiger partial charge in [-0.05, 0) is 62.9 Å². The van der Waals surface area contributed by atoms with Gasteiger partial charge in [0, 0.05) is 0 Å². The largest absolute Gasteiger partial charge is 0.493 e. The molecule has 2 rings (SSSR count). The minimum Gasteiger partial charge on any atom is -0.493 e. The van der Waals surface area contributed by atoms with Crippen molar-refractivity contribution >= 4 is 12.4 Å². The number of unbranched alkanes of at least 4 members (excludes halogenated alkanes) is 1. The van der Waals surface area contributed by atoms with Crippen LogP contribution in [-0.4, -0.2) is 31.1 Å². The van der Waals surface area contributed by atoms with Gasteiger partial charge in [0.25, 0.3) is 0 Å². The molecule has 0 N–H and O–H groups in total. The summed E-state index contributed by atoms with van der Waals surface area (Å²) in [6, 6.07) is 8.43. The molecule has 0 radical (unpaired) electrons. The van der Waals surface area contributed by atoms with E-state index in [4.69, 9.17) is 4.74 Å². The molecule has 0 saturated carbocycles. The van der Waals surface area contributed by atoms with Gasteiger partial charge in [-0.2, -0.15) is 0 Å². The van der Waals surface area contributed by atoms with Crippen LogP contribution in [0, 0.1) is 0 Å². The molecule has 0 bridgehead atoms. The molecule has 0 aromatic heterocycles. The smallest absolute Gasteiger partial charge is 0.122 e. The lowest BCUT2D eigenvalue weighted by Gasteiger charge is -2.26. The van der Waals surface area contributed by atoms with Crippen molar-refractivity contribution in [2.45, 2.75) is 51.9 Å². The standard InChI is InChI=1S/C18H29NO.ClH/c1-16(2)17-10-4-5-11-18(17)20-15-9-8-14-19-12-6-3-7-13-19;/h4-5,10-11,16H,3,6-9,12-15H2,1-2H3;1H. The molecule has 120 valence electrons. The molecular weight excluding hydrogens is 282 g/mol. The molecule has 3 heteroatoms. The minimum absolute atomic E-state index is 0. The van der Waals surface area contributed by atoms with Crippen LogP contribution < -0.4 is 4.74 Å². The van der Waals surface area contributed by atoms with Crippen LogP contribution in [0.15, 0.2) is 24.3 Å². The van der Waals surface area contributed by atoms with Gasteiger partial charge in [0.15, 0.2) is 0 Å². The fourth-order valence-electron chi connectivity index (χ4n) is 2.89. The first-order chi connectivity index (χ1) is 9.77. The Kier molecular flexibility index (Phi) is 8.79. The monoisotopic (exact) mass is 311 g/mol. The van der Waals surface area contributed by atoms with Crippen molar-refractivity contribution in [3.8, 4) is 5.75 Å². The van der Waals surface area contributed by atoms with Crippen LogP contribution in [0.1, 0.15) is 57.4 Å². The van der Waals surface area contributed by atoms with E-state index in [1.165, 1.54) is 50.9 Å². The third kappa shape index (κ3) is 6.27. The quantitative estimate of drug-likeness (QED) is 0.666. The molecule has 1 aliphatic rings. The Hall–Kier alpha value is -0.730. The summed E-state index contributed by atoms with van der Waals surface area (Å²) < 4.78 is 5.97. The van der Waals surface area contributed by atoms with E-state index in [0.29, 0.717) is 5.92 Å². The van der Waals surface area contributed by atoms with Gasteiger partial charge in [-0.15, -0.1) is 12.4 Å². The van der Waals surface area contributed by atoms with E-state index in [2.05, 4.69) is 43.0 Å². The van der Waals surface area contributed by atoms with E-state index < -0.39 is 0 Å². The fraction of sp³-hybridized carbons (Fsp3) is 0.667. The summed E-state index contributed by atoms with van der Waals surface area (Å²) in [7, 11) is 0. The molecule has 0 atom stereocenters. The zero-order valence-corrected chi connectivity index (χ0v) is 14.3. The summed E-state index contributed by atoms with van der Waals surface area (Å²) in [6.07, 6.45) is 6.61. The number of halogens is 1. The van der Waals surface area contributed by atoms with Crippen molar-refractivity contribution in [3.05, 3.63) is 29.8 Å². The number of likely N-dealkylation sites (tertiary alicyclic amines) is 1. The Morgan fingerprint density at radius 2 is 1.76 bits per heavy atom. The van der Waals surface area contributed by atoms with Crippen LogP contribution in [0.25, 0.3) is 0 Å². The molecular formula is C18H30ClNO. The lowest BCUT2D eigenvalue weighted by molar-refractivity contribution is 0.215. The second kappa shape index (κ2) is 10.1. The number of nitrogens with zero attached hydrogens (tertiary/aromatic N) is 1. The average molecular weight is 312 g/mol. The zero-order valence-electron chi connectivity index (χ0n) is 13.5. The van der Waals surface area contributed by atoms with Crippen molar-refractivity contribution in [2.24, 2.45) is 0 Å². The maximum atomic E-state index is 5.97. The molecule has 0 unspecified atom stereocenters. The molecule has 2 nitrogen and oxygen atoms in total. The number of piperidine rings is 1. The number of hydrogen-bond acceptors (Lipinski definition) is 2. The highest BCUT2D eigenvalue weighted by Crippen LogP contribution is 2.25. The fourth-order valence-corrected chi connectivity index (χ4v) is 2.89. The summed E-state index contributed by atoms with van der Waals surface area (Å²) in [6.45, 7) is 9.14. The molecule has 1 aromatic carbocycles. The molecule has 0 aliphatic carbocycles. The number of hydrogen-bond donors (Lipinski definition) is 0. The first kappa shape index (κ1) is 18.3. The predicted molar refractivity (Wildman–Crippen MR) is 92.8 cm³/mol. The number of ether oxygens (including phenoxy) is 1. The molecule has 1 fully saturated rings. The summed E-state index contributed by atoms with van der Waals surface area (Å²) in [5, 5.41) is 0. The summed E-state index contributed by atoms with van der Waals surface area (Å²) in [4.78, 5) is 2.60. The SMILES string of the molecule is CC(C)c1ccccc1OCCCCN1CCCCC1.Cl. The third-order valence-corrected chi connectivity index (χ3v) is 4.12. The second-order valence-electron chi connectivity index (χ2n) is 6.15. The van der Waals surface area contributed by atoms with E-state index >= 15 is 0 Å². The molecule has 21 heavy (non-hydrogen) atoms. The maximum absolute atomic E-state index is 5.97. The maximum Gasteiger partial charge on any atom is 0.122 e. The highest BCUT2D eigenvalue weighted by atomic mass is 35.5.